The van der Waals surface area contributed by atoms with Gasteiger partial charge in [-0.25, -0.2) is 22.8 Å². The van der Waals surface area contributed by atoms with Crippen LogP contribution in [0, 0.1) is 19.8 Å². The topological polar surface area (TPSA) is 162 Å². The zero-order valence-electron chi connectivity index (χ0n) is 22.8. The number of hydrogen-bond donors (Lipinski definition) is 4. The van der Waals surface area contributed by atoms with Crippen molar-refractivity contribution in [2.45, 2.75) is 26.7 Å². The molecule has 11 nitrogen and oxygen atoms in total. The fourth-order valence-electron chi connectivity index (χ4n) is 4.62. The highest BCUT2D eigenvalue weighted by atomic mass is 79.9. The van der Waals surface area contributed by atoms with Crippen LogP contribution in [-0.4, -0.2) is 66.9 Å². The van der Waals surface area contributed by atoms with Gasteiger partial charge in [-0.05, 0) is 83.4 Å². The van der Waals surface area contributed by atoms with Crippen LogP contribution >= 0.6 is 27.3 Å². The monoisotopic (exact) mass is 679 g/mol. The Labute approximate surface area is 255 Å². The van der Waals surface area contributed by atoms with Crippen LogP contribution < -0.4 is 14.8 Å². The Bertz CT molecular complexity index is 1610. The van der Waals surface area contributed by atoms with Gasteiger partial charge >= 0.3 is 18.0 Å². The van der Waals surface area contributed by atoms with Gasteiger partial charge in [0.25, 0.3) is 0 Å². The number of benzene rings is 2. The van der Waals surface area contributed by atoms with E-state index in [1.54, 1.807) is 29.2 Å². The van der Waals surface area contributed by atoms with Gasteiger partial charge in [-0.3, -0.25) is 4.72 Å². The third kappa shape index (κ3) is 7.61. The zero-order valence-corrected chi connectivity index (χ0v) is 26.1. The molecule has 1 fully saturated rings. The normalized spacial score (nSPS) is 13.9. The summed E-state index contributed by atoms with van der Waals surface area (Å²) in [6, 6.07) is 12.0. The number of nitrogens with one attached hydrogen (secondary N) is 2. The summed E-state index contributed by atoms with van der Waals surface area (Å²) in [5.74, 6) is -2.88. The van der Waals surface area contributed by atoms with Crippen LogP contribution in [0.3, 0.4) is 0 Å². The largest absolute Gasteiger partial charge is 0.479 e. The minimum absolute atomic E-state index is 0.107. The molecule has 0 saturated carbocycles. The first-order chi connectivity index (χ1) is 19.8. The first-order valence-corrected chi connectivity index (χ1v) is 16.2. The van der Waals surface area contributed by atoms with Crippen LogP contribution in [-0.2, 0) is 14.8 Å². The van der Waals surface area contributed by atoms with Crippen LogP contribution in [0.1, 0.15) is 33.6 Å². The van der Waals surface area contributed by atoms with Gasteiger partial charge in [-0.2, -0.15) is 0 Å². The van der Waals surface area contributed by atoms with Gasteiger partial charge in [0.05, 0.1) is 15.1 Å². The average Bonchev–Trinajstić information content (AvgIpc) is 3.26. The summed E-state index contributed by atoms with van der Waals surface area (Å²) in [7, 11) is -3.74. The summed E-state index contributed by atoms with van der Waals surface area (Å²) in [4.78, 5) is 37.4. The number of nitrogens with zero attached hydrogens (tertiary/aromatic N) is 1. The highest BCUT2D eigenvalue weighted by Crippen LogP contribution is 2.46. The van der Waals surface area contributed by atoms with Crippen LogP contribution in [0.15, 0.2) is 46.9 Å². The number of sulfonamides is 1. The third-order valence-corrected chi connectivity index (χ3v) is 10.6. The molecule has 4 N–H and O–H groups in total. The molecule has 1 aromatic heterocycles. The Morgan fingerprint density at radius 2 is 1.79 bits per heavy atom. The number of hydrogen-bond acceptors (Lipinski definition) is 7. The summed E-state index contributed by atoms with van der Waals surface area (Å²) >= 11 is 4.19. The van der Waals surface area contributed by atoms with Gasteiger partial charge in [0.15, 0.2) is 17.2 Å². The van der Waals surface area contributed by atoms with Crippen molar-refractivity contribution in [2.24, 2.45) is 5.92 Å². The first-order valence-electron chi connectivity index (χ1n) is 13.0. The van der Waals surface area contributed by atoms with Crippen LogP contribution in [0.4, 0.5) is 16.2 Å². The molecule has 4 rings (SSSR count). The smallest absolute Gasteiger partial charge is 0.349 e. The minimum atomic E-state index is -3.74. The molecule has 3 aromatic rings. The number of ether oxygens (including phenoxy) is 1. The average molecular weight is 681 g/mol. The molecule has 0 aliphatic carbocycles. The second-order valence-electron chi connectivity index (χ2n) is 9.96. The number of carbonyl (C=O) groups excluding carboxylic acids is 1. The lowest BCUT2D eigenvalue weighted by Crippen LogP contribution is -2.42. The standard InChI is InChI=1S/C28H30BrN3O8S2/c1-16-5-3-8-21(17(16)2)30-28(37)32-11-9-18(10-12-32)15-42(38,39)31-20-7-4-6-19(13-20)25-23(29)24(40-14-22(33)34)26(41-25)27(35)36/h3-8,13,18,31H,9-12,14-15H2,1-2H3,(H,30,37)(H,33,34)(H,35,36). The van der Waals surface area contributed by atoms with Gasteiger partial charge in [-0.15, -0.1) is 11.3 Å². The van der Waals surface area contributed by atoms with Crippen molar-refractivity contribution in [1.82, 2.24) is 4.90 Å². The van der Waals surface area contributed by atoms with Crippen molar-refractivity contribution in [2.75, 3.05) is 35.5 Å². The summed E-state index contributed by atoms with van der Waals surface area (Å²) in [6.07, 6.45) is 1.08. The van der Waals surface area contributed by atoms with Gasteiger partial charge in [0.2, 0.25) is 10.0 Å². The number of piperidine rings is 1. The third-order valence-electron chi connectivity index (χ3n) is 6.94. The Balaban J connectivity index is 1.38. The van der Waals surface area contributed by atoms with E-state index in [0.29, 0.717) is 42.1 Å². The number of rotatable bonds is 10. The minimum Gasteiger partial charge on any atom is -0.479 e. The van der Waals surface area contributed by atoms with Gasteiger partial charge in [-0.1, -0.05) is 24.3 Å². The lowest BCUT2D eigenvalue weighted by molar-refractivity contribution is -0.139. The van der Waals surface area contributed by atoms with E-state index in [1.807, 2.05) is 32.0 Å². The second-order valence-corrected chi connectivity index (χ2v) is 13.5. The number of likely N-dealkylation sites (tertiary alicyclic amines) is 1. The molecule has 0 radical (unpaired) electrons. The van der Waals surface area contributed by atoms with Gasteiger partial charge in [0.1, 0.15) is 0 Å². The van der Waals surface area contributed by atoms with E-state index in [9.17, 15) is 27.9 Å². The number of amides is 2. The van der Waals surface area contributed by atoms with Crippen molar-refractivity contribution >= 4 is 66.6 Å². The Morgan fingerprint density at radius 1 is 1.10 bits per heavy atom. The molecule has 2 heterocycles. The van der Waals surface area contributed by atoms with Crippen LogP contribution in [0.25, 0.3) is 10.4 Å². The summed E-state index contributed by atoms with van der Waals surface area (Å²) in [5.41, 5.74) is 3.65. The molecule has 224 valence electrons. The Hall–Kier alpha value is -3.62. The molecule has 2 amide bonds. The molecular weight excluding hydrogens is 650 g/mol. The van der Waals surface area contributed by atoms with Crippen molar-refractivity contribution in [1.29, 1.82) is 0 Å². The summed E-state index contributed by atoms with van der Waals surface area (Å²) in [5, 5.41) is 21.4. The fourth-order valence-corrected chi connectivity index (χ4v) is 8.04. The number of aliphatic carboxylic acids is 1. The molecule has 42 heavy (non-hydrogen) atoms. The molecule has 1 saturated heterocycles. The van der Waals surface area contributed by atoms with E-state index in [4.69, 9.17) is 9.84 Å². The highest BCUT2D eigenvalue weighted by Gasteiger charge is 2.28. The maximum atomic E-state index is 13.0. The predicted molar refractivity (Wildman–Crippen MR) is 164 cm³/mol. The van der Waals surface area contributed by atoms with Crippen molar-refractivity contribution in [3.8, 4) is 16.2 Å². The fraction of sp³-hybridized carbons (Fsp3) is 0.321. The van der Waals surface area contributed by atoms with Gasteiger partial charge < -0.3 is 25.2 Å². The lowest BCUT2D eigenvalue weighted by atomic mass is 9.99. The SMILES string of the molecule is Cc1cccc(NC(=O)N2CCC(CS(=O)(=O)Nc3cccc(-c4sc(C(=O)O)c(OCC(=O)O)c4Br)c3)CC2)c1C. The molecule has 0 atom stereocenters. The van der Waals surface area contributed by atoms with E-state index >= 15 is 0 Å². The van der Waals surface area contributed by atoms with Crippen molar-refractivity contribution in [3.63, 3.8) is 0 Å². The van der Waals surface area contributed by atoms with Crippen LogP contribution in [0.2, 0.25) is 0 Å². The predicted octanol–water partition coefficient (Wildman–Crippen LogP) is 5.64. The van der Waals surface area contributed by atoms with Crippen molar-refractivity contribution < 1.29 is 37.8 Å². The van der Waals surface area contributed by atoms with E-state index in [1.165, 1.54) is 0 Å². The molecule has 1 aliphatic rings. The summed E-state index contributed by atoms with van der Waals surface area (Å²) in [6.45, 7) is 4.09. The molecule has 1 aliphatic heterocycles. The number of thiophene rings is 1. The van der Waals surface area contributed by atoms with Crippen molar-refractivity contribution in [3.05, 3.63) is 62.9 Å². The lowest BCUT2D eigenvalue weighted by Gasteiger charge is -2.32. The molecule has 0 spiro atoms. The second kappa shape index (κ2) is 13.1. The number of aromatic carboxylic acids is 1. The Morgan fingerprint density at radius 3 is 2.45 bits per heavy atom. The molecule has 0 bridgehead atoms. The number of urea groups is 1. The zero-order chi connectivity index (χ0) is 30.6. The number of carboxylic acids is 2. The van der Waals surface area contributed by atoms with E-state index in [2.05, 4.69) is 26.0 Å². The van der Waals surface area contributed by atoms with Crippen LogP contribution in [0.5, 0.6) is 5.75 Å². The number of anilines is 2. The summed E-state index contributed by atoms with van der Waals surface area (Å²) < 4.78 is 34.1. The number of carbonyl (C=O) groups is 3. The molecule has 14 heteroatoms. The van der Waals surface area contributed by atoms with Gasteiger partial charge in [0, 0.05) is 24.5 Å². The quantitative estimate of drug-likeness (QED) is 0.214. The highest BCUT2D eigenvalue weighted by molar-refractivity contribution is 9.10. The van der Waals surface area contributed by atoms with E-state index in [0.717, 1.165) is 28.2 Å². The van der Waals surface area contributed by atoms with E-state index < -0.39 is 28.6 Å². The maximum absolute atomic E-state index is 13.0. The molecular formula is C28H30BrN3O8S2. The molecule has 0 unspecified atom stereocenters. The number of carboxylic acid groups (broad SMARTS) is 2. The molecule has 2 aromatic carbocycles. The Kier molecular flexibility index (Phi) is 9.79. The maximum Gasteiger partial charge on any atom is 0.349 e. The number of aryl methyl sites for hydroxylation is 1. The van der Waals surface area contributed by atoms with E-state index in [-0.39, 0.29) is 32.8 Å². The first kappa shape index (κ1) is 31.3. The number of halogens is 1.